The molecule has 0 radical (unpaired) electrons. The summed E-state index contributed by atoms with van der Waals surface area (Å²) in [5, 5.41) is 9.90. The van der Waals surface area contributed by atoms with E-state index in [1.165, 1.54) is 6.33 Å². The smallest absolute Gasteiger partial charge is 0.115 e. The number of nitrogens with zero attached hydrogens (tertiary/aromatic N) is 2. The SMILES string of the molecule is CC(C)(C)C(O)Cc1ncncc1I. The van der Waals surface area contributed by atoms with Crippen LogP contribution in [0.1, 0.15) is 26.5 Å². The molecule has 0 bridgehead atoms. The van der Waals surface area contributed by atoms with Gasteiger partial charge in [-0.15, -0.1) is 0 Å². The third-order valence-corrected chi connectivity index (χ3v) is 3.03. The van der Waals surface area contributed by atoms with Crippen LogP contribution in [0.25, 0.3) is 0 Å². The molecule has 0 saturated carbocycles. The second-order valence-corrected chi connectivity index (χ2v) is 5.57. The van der Waals surface area contributed by atoms with Crippen molar-refractivity contribution in [2.24, 2.45) is 5.41 Å². The number of rotatable bonds is 2. The average Bonchev–Trinajstić information content (AvgIpc) is 2.07. The van der Waals surface area contributed by atoms with Crippen LogP contribution in [0, 0.1) is 8.99 Å². The van der Waals surface area contributed by atoms with Gasteiger partial charge in [0.1, 0.15) is 6.33 Å². The van der Waals surface area contributed by atoms with Crippen molar-refractivity contribution in [3.63, 3.8) is 0 Å². The predicted octanol–water partition coefficient (Wildman–Crippen LogP) is 2.03. The summed E-state index contributed by atoms with van der Waals surface area (Å²) in [6.45, 7) is 6.06. The van der Waals surface area contributed by atoms with Crippen LogP contribution in [0.15, 0.2) is 12.5 Å². The van der Waals surface area contributed by atoms with Gasteiger partial charge in [-0.1, -0.05) is 20.8 Å². The minimum Gasteiger partial charge on any atom is -0.392 e. The maximum absolute atomic E-state index is 9.90. The van der Waals surface area contributed by atoms with E-state index in [-0.39, 0.29) is 11.5 Å². The van der Waals surface area contributed by atoms with Gasteiger partial charge in [0.15, 0.2) is 0 Å². The third kappa shape index (κ3) is 3.16. The molecule has 4 heteroatoms. The van der Waals surface area contributed by atoms with Gasteiger partial charge in [0, 0.05) is 12.6 Å². The molecular weight excluding hydrogens is 291 g/mol. The predicted molar refractivity (Wildman–Crippen MR) is 63.9 cm³/mol. The van der Waals surface area contributed by atoms with Crippen LogP contribution in [0.4, 0.5) is 0 Å². The first-order valence-corrected chi connectivity index (χ1v) is 5.61. The molecule has 0 saturated heterocycles. The first-order chi connectivity index (χ1) is 6.41. The second kappa shape index (κ2) is 4.53. The summed E-state index contributed by atoms with van der Waals surface area (Å²) in [5.74, 6) is 0. The second-order valence-electron chi connectivity index (χ2n) is 4.40. The van der Waals surface area contributed by atoms with E-state index in [2.05, 4.69) is 32.6 Å². The summed E-state index contributed by atoms with van der Waals surface area (Å²) in [7, 11) is 0. The van der Waals surface area contributed by atoms with Crippen molar-refractivity contribution in [1.29, 1.82) is 0 Å². The van der Waals surface area contributed by atoms with E-state index in [1.54, 1.807) is 6.20 Å². The molecule has 78 valence electrons. The Balaban J connectivity index is 2.75. The van der Waals surface area contributed by atoms with Gasteiger partial charge >= 0.3 is 0 Å². The molecule has 1 N–H and O–H groups in total. The monoisotopic (exact) mass is 306 g/mol. The Bertz CT molecular complexity index is 309. The minimum absolute atomic E-state index is 0.103. The summed E-state index contributed by atoms with van der Waals surface area (Å²) in [5.41, 5.74) is 0.816. The van der Waals surface area contributed by atoms with E-state index < -0.39 is 0 Å². The lowest BCUT2D eigenvalue weighted by Crippen LogP contribution is -2.28. The topological polar surface area (TPSA) is 46.0 Å². The Morgan fingerprint density at radius 1 is 1.50 bits per heavy atom. The minimum atomic E-state index is -0.370. The molecule has 0 spiro atoms. The van der Waals surface area contributed by atoms with Crippen LogP contribution in [-0.4, -0.2) is 21.2 Å². The molecule has 0 amide bonds. The normalized spacial score (nSPS) is 14.1. The van der Waals surface area contributed by atoms with Crippen molar-refractivity contribution in [3.05, 3.63) is 21.8 Å². The van der Waals surface area contributed by atoms with Crippen molar-refractivity contribution in [3.8, 4) is 0 Å². The molecule has 1 rings (SSSR count). The van der Waals surface area contributed by atoms with Crippen LogP contribution in [0.5, 0.6) is 0 Å². The van der Waals surface area contributed by atoms with E-state index in [4.69, 9.17) is 0 Å². The van der Waals surface area contributed by atoms with Crippen molar-refractivity contribution < 1.29 is 5.11 Å². The molecule has 1 heterocycles. The molecule has 0 aliphatic heterocycles. The Kier molecular flexibility index (Phi) is 3.83. The highest BCUT2D eigenvalue weighted by molar-refractivity contribution is 14.1. The summed E-state index contributed by atoms with van der Waals surface area (Å²) in [6.07, 6.45) is 3.50. The number of hydrogen-bond donors (Lipinski definition) is 1. The Morgan fingerprint density at radius 2 is 2.14 bits per heavy atom. The van der Waals surface area contributed by atoms with Crippen LogP contribution in [0.3, 0.4) is 0 Å². The van der Waals surface area contributed by atoms with E-state index in [9.17, 15) is 5.11 Å². The number of aliphatic hydroxyl groups excluding tert-OH is 1. The molecule has 1 unspecified atom stereocenters. The first kappa shape index (κ1) is 11.8. The van der Waals surface area contributed by atoms with Gasteiger partial charge in [-0.2, -0.15) is 0 Å². The first-order valence-electron chi connectivity index (χ1n) is 4.53. The summed E-state index contributed by atoms with van der Waals surface area (Å²) < 4.78 is 1.01. The fourth-order valence-electron chi connectivity index (χ4n) is 0.978. The summed E-state index contributed by atoms with van der Waals surface area (Å²) >= 11 is 2.19. The third-order valence-electron chi connectivity index (χ3n) is 2.13. The zero-order chi connectivity index (χ0) is 10.8. The molecule has 14 heavy (non-hydrogen) atoms. The highest BCUT2D eigenvalue weighted by Gasteiger charge is 2.23. The lowest BCUT2D eigenvalue weighted by molar-refractivity contribution is 0.0626. The molecule has 1 atom stereocenters. The van der Waals surface area contributed by atoms with Crippen LogP contribution in [-0.2, 0) is 6.42 Å². The fraction of sp³-hybridized carbons (Fsp3) is 0.600. The van der Waals surface area contributed by atoms with Gasteiger partial charge in [0.2, 0.25) is 0 Å². The van der Waals surface area contributed by atoms with Gasteiger partial charge in [-0.05, 0) is 28.0 Å². The fourth-order valence-corrected chi connectivity index (χ4v) is 1.50. The van der Waals surface area contributed by atoms with Gasteiger partial charge < -0.3 is 5.11 Å². The summed E-state index contributed by atoms with van der Waals surface area (Å²) in [6, 6.07) is 0. The molecule has 1 aromatic heterocycles. The average molecular weight is 306 g/mol. The summed E-state index contributed by atoms with van der Waals surface area (Å²) in [4.78, 5) is 8.07. The van der Waals surface area contributed by atoms with Gasteiger partial charge in [-0.3, -0.25) is 0 Å². The Labute approximate surface area is 98.1 Å². The van der Waals surface area contributed by atoms with Crippen molar-refractivity contribution in [1.82, 2.24) is 9.97 Å². The Hall–Kier alpha value is -0.230. The number of aromatic nitrogens is 2. The maximum atomic E-state index is 9.90. The zero-order valence-corrected chi connectivity index (χ0v) is 10.8. The molecule has 0 aromatic carbocycles. The van der Waals surface area contributed by atoms with Crippen molar-refractivity contribution in [2.75, 3.05) is 0 Å². The van der Waals surface area contributed by atoms with Crippen molar-refractivity contribution >= 4 is 22.6 Å². The van der Waals surface area contributed by atoms with Crippen LogP contribution in [0.2, 0.25) is 0 Å². The van der Waals surface area contributed by atoms with Crippen LogP contribution >= 0.6 is 22.6 Å². The van der Waals surface area contributed by atoms with Gasteiger partial charge in [0.05, 0.1) is 15.4 Å². The van der Waals surface area contributed by atoms with E-state index in [1.807, 2.05) is 20.8 Å². The van der Waals surface area contributed by atoms with Crippen LogP contribution < -0.4 is 0 Å². The molecule has 1 aromatic rings. The van der Waals surface area contributed by atoms with E-state index >= 15 is 0 Å². The number of aliphatic hydroxyl groups is 1. The highest BCUT2D eigenvalue weighted by Crippen LogP contribution is 2.22. The Morgan fingerprint density at radius 3 is 2.64 bits per heavy atom. The lowest BCUT2D eigenvalue weighted by Gasteiger charge is -2.25. The molecule has 0 aliphatic carbocycles. The highest BCUT2D eigenvalue weighted by atomic mass is 127. The molecule has 3 nitrogen and oxygen atoms in total. The molecule has 0 aliphatic rings. The van der Waals surface area contributed by atoms with E-state index in [0.29, 0.717) is 6.42 Å². The zero-order valence-electron chi connectivity index (χ0n) is 8.66. The number of hydrogen-bond acceptors (Lipinski definition) is 3. The van der Waals surface area contributed by atoms with Gasteiger partial charge in [-0.25, -0.2) is 9.97 Å². The molecular formula is C10H15IN2O. The maximum Gasteiger partial charge on any atom is 0.115 e. The number of halogens is 1. The van der Waals surface area contributed by atoms with Gasteiger partial charge in [0.25, 0.3) is 0 Å². The molecule has 0 fully saturated rings. The van der Waals surface area contributed by atoms with E-state index in [0.717, 1.165) is 9.26 Å². The lowest BCUT2D eigenvalue weighted by atomic mass is 9.86. The van der Waals surface area contributed by atoms with Crippen molar-refractivity contribution in [2.45, 2.75) is 33.3 Å². The standard InChI is InChI=1S/C10H15IN2O/c1-10(2,3)9(14)4-8-7(11)5-12-6-13-8/h5-6,9,14H,4H2,1-3H3. The largest absolute Gasteiger partial charge is 0.392 e. The quantitative estimate of drug-likeness (QED) is 0.851.